The zero-order chi connectivity index (χ0) is 22.3. The highest BCUT2D eigenvalue weighted by Crippen LogP contribution is 2.26. The summed E-state index contributed by atoms with van der Waals surface area (Å²) in [6.45, 7) is 1.75. The second-order valence-electron chi connectivity index (χ2n) is 6.47. The van der Waals surface area contributed by atoms with E-state index >= 15 is 0 Å². The van der Waals surface area contributed by atoms with Crippen LogP contribution in [-0.2, 0) is 26.0 Å². The minimum atomic E-state index is -3.96. The fraction of sp³-hybridized carbons (Fsp3) is 0.300. The number of hydrogen-bond acceptors (Lipinski definition) is 6. The number of nitrogens with two attached hydrogens (primary N) is 1. The van der Waals surface area contributed by atoms with Crippen LogP contribution in [0.3, 0.4) is 0 Å². The first kappa shape index (κ1) is 23.8. The van der Waals surface area contributed by atoms with E-state index in [1.165, 1.54) is 32.2 Å². The third-order valence-corrected chi connectivity index (χ3v) is 5.91. The average molecular weight is 499 g/mol. The Morgan fingerprint density at radius 1 is 1.13 bits per heavy atom. The molecule has 0 bridgehead atoms. The number of carbonyl (C=O) groups excluding carboxylic acids is 2. The van der Waals surface area contributed by atoms with Gasteiger partial charge in [0.2, 0.25) is 10.0 Å². The van der Waals surface area contributed by atoms with Crippen LogP contribution in [0.1, 0.15) is 35.7 Å². The van der Waals surface area contributed by atoms with Crippen molar-refractivity contribution < 1.29 is 27.5 Å². The first-order valence-corrected chi connectivity index (χ1v) is 11.4. The minimum Gasteiger partial charge on any atom is -0.495 e. The van der Waals surface area contributed by atoms with Crippen molar-refractivity contribution in [1.82, 2.24) is 0 Å². The summed E-state index contributed by atoms with van der Waals surface area (Å²) in [5.74, 6) is -0.721. The van der Waals surface area contributed by atoms with Crippen LogP contribution in [0.5, 0.6) is 5.75 Å². The van der Waals surface area contributed by atoms with Crippen LogP contribution in [0.4, 0.5) is 5.69 Å². The van der Waals surface area contributed by atoms with E-state index in [4.69, 9.17) is 14.6 Å². The van der Waals surface area contributed by atoms with Crippen LogP contribution < -0.4 is 15.2 Å². The Bertz CT molecular complexity index is 1040. The normalized spacial score (nSPS) is 11.1. The summed E-state index contributed by atoms with van der Waals surface area (Å²) in [5, 5.41) is 7.94. The molecule has 0 aliphatic rings. The monoisotopic (exact) mass is 498 g/mol. The minimum absolute atomic E-state index is 0.00516. The molecule has 8 nitrogen and oxygen atoms in total. The number of aryl methyl sites for hydroxylation is 1. The van der Waals surface area contributed by atoms with E-state index in [1.54, 1.807) is 6.07 Å². The summed E-state index contributed by atoms with van der Waals surface area (Å²) in [6, 6.07) is 9.36. The predicted molar refractivity (Wildman–Crippen MR) is 116 cm³/mol. The van der Waals surface area contributed by atoms with Gasteiger partial charge < -0.3 is 14.8 Å². The zero-order valence-corrected chi connectivity index (χ0v) is 19.0. The Hall–Kier alpha value is -2.43. The number of anilines is 1. The second-order valence-corrected chi connectivity index (χ2v) is 8.85. The summed E-state index contributed by atoms with van der Waals surface area (Å²) >= 11 is 3.50. The van der Waals surface area contributed by atoms with Gasteiger partial charge in [-0.1, -0.05) is 15.9 Å². The molecule has 162 valence electrons. The average Bonchev–Trinajstić information content (AvgIpc) is 2.68. The van der Waals surface area contributed by atoms with Crippen molar-refractivity contribution in [3.8, 4) is 5.75 Å². The predicted octanol–water partition coefficient (Wildman–Crippen LogP) is 3.24. The molecule has 0 aliphatic carbocycles. The van der Waals surface area contributed by atoms with Crippen molar-refractivity contribution in [3.05, 3.63) is 52.0 Å². The number of halogens is 1. The van der Waals surface area contributed by atoms with Crippen molar-refractivity contribution in [2.24, 2.45) is 5.14 Å². The lowest BCUT2D eigenvalue weighted by Gasteiger charge is -2.11. The number of esters is 1. The van der Waals surface area contributed by atoms with E-state index in [9.17, 15) is 18.0 Å². The molecular weight excluding hydrogens is 476 g/mol. The number of amides is 1. The molecule has 2 aromatic rings. The molecule has 0 atom stereocenters. The molecule has 2 rings (SSSR count). The highest BCUT2D eigenvalue weighted by atomic mass is 79.9. The molecule has 10 heteroatoms. The quantitative estimate of drug-likeness (QED) is 0.403. The van der Waals surface area contributed by atoms with Crippen molar-refractivity contribution in [2.75, 3.05) is 19.0 Å². The van der Waals surface area contributed by atoms with Gasteiger partial charge in [-0.05, 0) is 61.2 Å². The molecule has 2 aromatic carbocycles. The van der Waals surface area contributed by atoms with Gasteiger partial charge in [0.15, 0.2) is 0 Å². The number of ether oxygens (including phenoxy) is 2. The molecule has 0 saturated carbocycles. The standard InChI is InChI=1S/C20H23BrN2O6S/c1-13(24)29-10-4-3-5-14-11-16(7-8-17(14)21)23-20(25)15-6-9-19(30(22,26)27)18(12-15)28-2/h6-9,11-12H,3-5,10H2,1-2H3,(H,23,25)(H2,22,26,27). The van der Waals surface area contributed by atoms with Gasteiger partial charge in [0.1, 0.15) is 10.6 Å². The summed E-state index contributed by atoms with van der Waals surface area (Å²) in [6.07, 6.45) is 2.29. The molecule has 0 heterocycles. The molecular formula is C20H23BrN2O6S. The summed E-state index contributed by atoms with van der Waals surface area (Å²) < 4.78 is 34.0. The van der Waals surface area contributed by atoms with E-state index in [1.807, 2.05) is 12.1 Å². The molecule has 0 aromatic heterocycles. The molecule has 0 fully saturated rings. The molecule has 30 heavy (non-hydrogen) atoms. The third kappa shape index (κ3) is 6.82. The van der Waals surface area contributed by atoms with E-state index in [0.29, 0.717) is 12.3 Å². The number of unbranched alkanes of at least 4 members (excludes halogenated alkanes) is 1. The Balaban J connectivity index is 2.09. The van der Waals surface area contributed by atoms with Crippen molar-refractivity contribution in [3.63, 3.8) is 0 Å². The Labute approximate surface area is 183 Å². The van der Waals surface area contributed by atoms with E-state index in [-0.39, 0.29) is 22.2 Å². The Morgan fingerprint density at radius 2 is 1.87 bits per heavy atom. The van der Waals surface area contributed by atoms with Gasteiger partial charge in [0, 0.05) is 22.6 Å². The molecule has 0 spiro atoms. The van der Waals surface area contributed by atoms with Gasteiger partial charge in [-0.15, -0.1) is 0 Å². The smallest absolute Gasteiger partial charge is 0.302 e. The van der Waals surface area contributed by atoms with Crippen LogP contribution in [0.2, 0.25) is 0 Å². The number of methoxy groups -OCH3 is 1. The van der Waals surface area contributed by atoms with Crippen LogP contribution in [0.25, 0.3) is 0 Å². The lowest BCUT2D eigenvalue weighted by atomic mass is 10.1. The van der Waals surface area contributed by atoms with Gasteiger partial charge in [-0.25, -0.2) is 13.6 Å². The highest BCUT2D eigenvalue weighted by Gasteiger charge is 2.17. The van der Waals surface area contributed by atoms with E-state index in [0.717, 1.165) is 29.3 Å². The van der Waals surface area contributed by atoms with Crippen molar-refractivity contribution >= 4 is 43.5 Å². The number of primary sulfonamides is 1. The molecule has 3 N–H and O–H groups in total. The number of rotatable bonds is 9. The topological polar surface area (TPSA) is 125 Å². The largest absolute Gasteiger partial charge is 0.495 e. The fourth-order valence-electron chi connectivity index (χ4n) is 2.72. The number of carbonyl (C=O) groups is 2. The SMILES string of the molecule is COc1cc(C(=O)Nc2ccc(Br)c(CCCCOC(C)=O)c2)ccc1S(N)(=O)=O. The fourth-order valence-corrected chi connectivity index (χ4v) is 3.85. The van der Waals surface area contributed by atoms with Crippen LogP contribution >= 0.6 is 15.9 Å². The van der Waals surface area contributed by atoms with Crippen molar-refractivity contribution in [2.45, 2.75) is 31.1 Å². The lowest BCUT2D eigenvalue weighted by molar-refractivity contribution is -0.141. The molecule has 0 aliphatic heterocycles. The number of nitrogens with one attached hydrogen (secondary N) is 1. The van der Waals surface area contributed by atoms with Crippen LogP contribution in [0, 0.1) is 0 Å². The lowest BCUT2D eigenvalue weighted by Crippen LogP contribution is -2.16. The highest BCUT2D eigenvalue weighted by molar-refractivity contribution is 9.10. The summed E-state index contributed by atoms with van der Waals surface area (Å²) in [7, 11) is -2.67. The Kier molecular flexibility index (Phi) is 8.39. The molecule has 0 saturated heterocycles. The zero-order valence-electron chi connectivity index (χ0n) is 16.6. The first-order valence-electron chi connectivity index (χ1n) is 9.06. The molecule has 0 unspecified atom stereocenters. The first-order chi connectivity index (χ1) is 14.1. The van der Waals surface area contributed by atoms with Gasteiger partial charge in [0.25, 0.3) is 5.91 Å². The van der Waals surface area contributed by atoms with Gasteiger partial charge in [-0.2, -0.15) is 0 Å². The van der Waals surface area contributed by atoms with Crippen LogP contribution in [-0.4, -0.2) is 34.0 Å². The molecule has 0 radical (unpaired) electrons. The maximum Gasteiger partial charge on any atom is 0.302 e. The Morgan fingerprint density at radius 3 is 2.50 bits per heavy atom. The van der Waals surface area contributed by atoms with Gasteiger partial charge >= 0.3 is 5.97 Å². The number of sulfonamides is 1. The van der Waals surface area contributed by atoms with E-state index < -0.39 is 15.9 Å². The summed E-state index contributed by atoms with van der Waals surface area (Å²) in [4.78, 5) is 23.2. The van der Waals surface area contributed by atoms with Gasteiger partial charge in [0.05, 0.1) is 13.7 Å². The third-order valence-electron chi connectivity index (χ3n) is 4.18. The molecule has 1 amide bonds. The summed E-state index contributed by atoms with van der Waals surface area (Å²) in [5.41, 5.74) is 1.82. The maximum atomic E-state index is 12.6. The second kappa shape index (κ2) is 10.6. The maximum absolute atomic E-state index is 12.6. The van der Waals surface area contributed by atoms with E-state index in [2.05, 4.69) is 21.2 Å². The van der Waals surface area contributed by atoms with Crippen molar-refractivity contribution in [1.29, 1.82) is 0 Å². The number of benzene rings is 2. The van der Waals surface area contributed by atoms with Gasteiger partial charge in [-0.3, -0.25) is 9.59 Å². The number of hydrogen-bond donors (Lipinski definition) is 2. The van der Waals surface area contributed by atoms with Crippen LogP contribution in [0.15, 0.2) is 45.8 Å².